The predicted octanol–water partition coefficient (Wildman–Crippen LogP) is 6.39. The molecule has 41 heavy (non-hydrogen) atoms. The number of thioether (sulfide) groups is 1. The average Bonchev–Trinajstić information content (AvgIpc) is 3.39. The standard InChI is InChI=1S/C29H36N2O6S4/c1-4-23(19-28-30(13-5-7-15-40(32,33)34)24-17-21(2)9-11-26(24)38-28)20-29-31(14-6-8-16-41(35,36)37)25-18-22(3)10-12-27(25)39-29/h9-12,17-20H,4-8,13-16H2,1-3H3,(H-,32,33,34,35,36,37)/p+1. The molecule has 0 aliphatic carbocycles. The fourth-order valence-corrected chi connectivity index (χ4v) is 8.20. The van der Waals surface area contributed by atoms with Gasteiger partial charge in [0.25, 0.3) is 25.2 Å². The number of unbranched alkanes of at least 4 members (excludes halogenated alkanes) is 2. The molecule has 3 aromatic rings. The fraction of sp³-hybridized carbons (Fsp3) is 0.414. The van der Waals surface area contributed by atoms with Gasteiger partial charge in [-0.15, -0.1) is 0 Å². The van der Waals surface area contributed by atoms with Gasteiger partial charge in [0, 0.05) is 30.0 Å². The van der Waals surface area contributed by atoms with E-state index in [9.17, 15) is 16.8 Å². The number of aryl methyl sites for hydroxylation is 3. The number of hydrogen-bond acceptors (Lipinski definition) is 7. The highest BCUT2D eigenvalue weighted by atomic mass is 32.2. The van der Waals surface area contributed by atoms with Crippen LogP contribution < -0.4 is 9.47 Å². The molecule has 1 aromatic heterocycles. The first-order valence-corrected chi connectivity index (χ1v) is 18.5. The van der Waals surface area contributed by atoms with Crippen molar-refractivity contribution in [2.24, 2.45) is 0 Å². The minimum absolute atomic E-state index is 0.247. The van der Waals surface area contributed by atoms with Crippen LogP contribution in [0.1, 0.15) is 55.2 Å². The number of allylic oxidation sites excluding steroid dienone is 2. The Bertz CT molecular complexity index is 1690. The predicted molar refractivity (Wildman–Crippen MR) is 169 cm³/mol. The second kappa shape index (κ2) is 13.4. The van der Waals surface area contributed by atoms with E-state index in [0.717, 1.165) is 54.0 Å². The molecule has 2 heterocycles. The number of aromatic nitrogens is 1. The maximum atomic E-state index is 11.2. The van der Waals surface area contributed by atoms with Crippen LogP contribution in [0.2, 0.25) is 0 Å². The number of anilines is 1. The molecule has 0 unspecified atom stereocenters. The van der Waals surface area contributed by atoms with Gasteiger partial charge in [-0.1, -0.05) is 42.2 Å². The molecule has 8 nitrogen and oxygen atoms in total. The highest BCUT2D eigenvalue weighted by Crippen LogP contribution is 2.47. The van der Waals surface area contributed by atoms with Crippen LogP contribution in [0.3, 0.4) is 0 Å². The molecular formula is C29H37N2O6S4+. The largest absolute Gasteiger partial charge is 0.335 e. The Morgan fingerprint density at radius 2 is 1.59 bits per heavy atom. The van der Waals surface area contributed by atoms with Gasteiger partial charge in [-0.25, -0.2) is 0 Å². The third kappa shape index (κ3) is 8.89. The molecule has 0 saturated heterocycles. The summed E-state index contributed by atoms with van der Waals surface area (Å²) in [4.78, 5) is 3.39. The van der Waals surface area contributed by atoms with E-state index in [1.165, 1.54) is 0 Å². The summed E-state index contributed by atoms with van der Waals surface area (Å²) in [5, 5.41) is 2.14. The molecule has 1 aliphatic heterocycles. The van der Waals surface area contributed by atoms with E-state index < -0.39 is 20.2 Å². The van der Waals surface area contributed by atoms with Gasteiger partial charge in [-0.2, -0.15) is 21.4 Å². The normalized spacial score (nSPS) is 15.3. The number of fused-ring (bicyclic) bond motifs is 2. The van der Waals surface area contributed by atoms with Crippen LogP contribution >= 0.6 is 23.1 Å². The van der Waals surface area contributed by atoms with E-state index in [1.807, 2.05) is 0 Å². The second-order valence-electron chi connectivity index (χ2n) is 10.3. The maximum absolute atomic E-state index is 11.2. The van der Waals surface area contributed by atoms with Crippen LogP contribution in [0.5, 0.6) is 0 Å². The number of thiazole rings is 1. The van der Waals surface area contributed by atoms with Crippen LogP contribution in [0.15, 0.2) is 58.0 Å². The monoisotopic (exact) mass is 637 g/mol. The van der Waals surface area contributed by atoms with Crippen LogP contribution in [-0.4, -0.2) is 44.0 Å². The Morgan fingerprint density at radius 3 is 2.27 bits per heavy atom. The van der Waals surface area contributed by atoms with Crippen LogP contribution in [-0.2, 0) is 26.8 Å². The second-order valence-corrected chi connectivity index (χ2v) is 15.6. The molecule has 2 N–H and O–H groups in total. The van der Waals surface area contributed by atoms with Crippen molar-refractivity contribution in [3.8, 4) is 0 Å². The Hall–Kier alpha value is -2.22. The summed E-state index contributed by atoms with van der Waals surface area (Å²) in [6, 6.07) is 12.7. The SMILES string of the molecule is CCC(=Cc1sc2ccc(C)cc2[n+]1CCCCS(=O)(=O)O)C=C1Sc2ccc(C)cc2N1CCCCS(=O)(=O)O. The number of benzene rings is 2. The zero-order valence-electron chi connectivity index (χ0n) is 23.5. The van der Waals surface area contributed by atoms with Gasteiger partial charge in [-0.05, 0) is 80.5 Å². The lowest BCUT2D eigenvalue weighted by Crippen LogP contribution is -2.35. The molecule has 0 atom stereocenters. The van der Waals surface area contributed by atoms with Gasteiger partial charge in [0.2, 0.25) is 5.52 Å². The molecule has 0 saturated carbocycles. The van der Waals surface area contributed by atoms with Crippen molar-refractivity contribution in [3.05, 3.63) is 69.2 Å². The van der Waals surface area contributed by atoms with Gasteiger partial charge in [0.05, 0.1) is 22.2 Å². The molecule has 0 radical (unpaired) electrons. The van der Waals surface area contributed by atoms with Crippen molar-refractivity contribution < 1.29 is 30.5 Å². The number of nitrogens with zero attached hydrogens (tertiary/aromatic N) is 2. The van der Waals surface area contributed by atoms with E-state index >= 15 is 0 Å². The highest BCUT2D eigenvalue weighted by molar-refractivity contribution is 8.03. The van der Waals surface area contributed by atoms with Gasteiger partial charge in [-0.3, -0.25) is 9.11 Å². The Labute approximate surface area is 251 Å². The van der Waals surface area contributed by atoms with Gasteiger partial charge in [0.1, 0.15) is 4.70 Å². The molecule has 0 amide bonds. The van der Waals surface area contributed by atoms with Crippen LogP contribution in [0.4, 0.5) is 5.69 Å². The van der Waals surface area contributed by atoms with Crippen LogP contribution in [0, 0.1) is 13.8 Å². The molecular weight excluding hydrogens is 601 g/mol. The summed E-state index contributed by atoms with van der Waals surface area (Å²) in [6.45, 7) is 7.50. The zero-order chi connectivity index (χ0) is 29.8. The van der Waals surface area contributed by atoms with Crippen molar-refractivity contribution in [2.75, 3.05) is 23.0 Å². The van der Waals surface area contributed by atoms with Gasteiger partial charge >= 0.3 is 0 Å². The van der Waals surface area contributed by atoms with E-state index in [2.05, 4.69) is 78.8 Å². The molecule has 4 rings (SSSR count). The maximum Gasteiger partial charge on any atom is 0.264 e. The molecule has 12 heteroatoms. The number of rotatable bonds is 13. The third-order valence-electron chi connectivity index (χ3n) is 6.87. The first-order valence-electron chi connectivity index (χ1n) is 13.6. The van der Waals surface area contributed by atoms with E-state index in [4.69, 9.17) is 9.11 Å². The highest BCUT2D eigenvalue weighted by Gasteiger charge is 2.26. The first kappa shape index (κ1) is 31.7. The average molecular weight is 638 g/mol. The van der Waals surface area contributed by atoms with E-state index in [1.54, 1.807) is 23.1 Å². The molecule has 0 spiro atoms. The van der Waals surface area contributed by atoms with E-state index in [0.29, 0.717) is 38.8 Å². The smallest absolute Gasteiger partial charge is 0.264 e. The summed E-state index contributed by atoms with van der Waals surface area (Å²) in [6.07, 6.45) is 7.19. The topological polar surface area (TPSA) is 116 Å². The Balaban J connectivity index is 1.65. The number of hydrogen-bond donors (Lipinski definition) is 2. The Morgan fingerprint density at radius 1 is 0.927 bits per heavy atom. The Kier molecular flexibility index (Phi) is 10.4. The fourth-order valence-electron chi connectivity index (χ4n) is 4.77. The molecule has 2 aromatic carbocycles. The zero-order valence-corrected chi connectivity index (χ0v) is 26.8. The van der Waals surface area contributed by atoms with Crippen molar-refractivity contribution in [1.29, 1.82) is 0 Å². The van der Waals surface area contributed by atoms with Crippen molar-refractivity contribution in [2.45, 2.75) is 64.3 Å². The van der Waals surface area contributed by atoms with Crippen molar-refractivity contribution in [1.82, 2.24) is 0 Å². The molecule has 1 aliphatic rings. The lowest BCUT2D eigenvalue weighted by molar-refractivity contribution is -0.669. The molecule has 0 fully saturated rings. The van der Waals surface area contributed by atoms with Crippen molar-refractivity contribution >= 4 is 65.3 Å². The molecule has 0 bridgehead atoms. The molecule has 222 valence electrons. The summed E-state index contributed by atoms with van der Waals surface area (Å²) in [5.74, 6) is -0.493. The summed E-state index contributed by atoms with van der Waals surface area (Å²) < 4.78 is 66.5. The minimum atomic E-state index is -3.98. The summed E-state index contributed by atoms with van der Waals surface area (Å²) >= 11 is 3.39. The summed E-state index contributed by atoms with van der Waals surface area (Å²) in [7, 11) is -7.97. The summed E-state index contributed by atoms with van der Waals surface area (Å²) in [5.41, 5.74) is 5.64. The van der Waals surface area contributed by atoms with Crippen LogP contribution in [0.25, 0.3) is 16.3 Å². The van der Waals surface area contributed by atoms with Gasteiger partial charge < -0.3 is 4.90 Å². The first-order chi connectivity index (χ1) is 19.3. The van der Waals surface area contributed by atoms with E-state index in [-0.39, 0.29) is 11.5 Å². The van der Waals surface area contributed by atoms with Gasteiger partial charge in [0.15, 0.2) is 6.54 Å². The lowest BCUT2D eigenvalue weighted by Gasteiger charge is -2.21. The van der Waals surface area contributed by atoms with Crippen molar-refractivity contribution in [3.63, 3.8) is 0 Å². The minimum Gasteiger partial charge on any atom is -0.335 e. The quantitative estimate of drug-likeness (QED) is 0.126. The lowest BCUT2D eigenvalue weighted by atomic mass is 10.1. The third-order valence-corrected chi connectivity index (χ3v) is 10.7.